The van der Waals surface area contributed by atoms with Gasteiger partial charge < -0.3 is 0 Å². The van der Waals surface area contributed by atoms with E-state index in [2.05, 4.69) is 60.5 Å². The summed E-state index contributed by atoms with van der Waals surface area (Å²) in [5.74, 6) is 0.401. The van der Waals surface area contributed by atoms with Gasteiger partial charge in [0, 0.05) is 5.92 Å². The number of azo groups is 1. The average molecular weight is 256 g/mol. The van der Waals surface area contributed by atoms with Crippen LogP contribution in [-0.4, -0.2) is 13.1 Å². The first kappa shape index (κ1) is 15.4. The lowest BCUT2D eigenvalue weighted by Gasteiger charge is -2.13. The Morgan fingerprint density at radius 1 is 1.16 bits per heavy atom. The molecule has 1 aromatic rings. The molecule has 2 heteroatoms. The van der Waals surface area contributed by atoms with Crippen molar-refractivity contribution in [3.8, 4) is 0 Å². The summed E-state index contributed by atoms with van der Waals surface area (Å²) in [4.78, 5) is 0. The lowest BCUT2D eigenvalue weighted by Crippen LogP contribution is -2.02. The van der Waals surface area contributed by atoms with Crippen LogP contribution in [0.1, 0.15) is 32.8 Å². The molecular weight excluding hydrogens is 232 g/mol. The Kier molecular flexibility index (Phi) is 7.48. The van der Waals surface area contributed by atoms with Crippen LogP contribution in [0.2, 0.25) is 0 Å². The summed E-state index contributed by atoms with van der Waals surface area (Å²) in [6.07, 6.45) is 7.31. The number of benzene rings is 1. The third kappa shape index (κ3) is 5.64. The molecule has 0 radical (unpaired) electrons. The van der Waals surface area contributed by atoms with Crippen molar-refractivity contribution in [3.63, 3.8) is 0 Å². The maximum atomic E-state index is 4.29. The molecule has 0 aromatic heterocycles. The third-order valence-corrected chi connectivity index (χ3v) is 3.04. The summed E-state index contributed by atoms with van der Waals surface area (Å²) in [7, 11) is 0. The number of hydrogen-bond donors (Lipinski definition) is 0. The molecule has 1 unspecified atom stereocenters. The minimum Gasteiger partial charge on any atom is -0.194 e. The van der Waals surface area contributed by atoms with Crippen molar-refractivity contribution < 1.29 is 0 Å². The summed E-state index contributed by atoms with van der Waals surface area (Å²) in [5.41, 5.74) is 2.62. The molecule has 2 nitrogen and oxygen atoms in total. The van der Waals surface area contributed by atoms with E-state index in [0.717, 1.165) is 19.5 Å². The van der Waals surface area contributed by atoms with Gasteiger partial charge >= 0.3 is 0 Å². The zero-order valence-electron chi connectivity index (χ0n) is 12.2. The van der Waals surface area contributed by atoms with Gasteiger partial charge in [-0.1, -0.05) is 55.5 Å². The highest BCUT2D eigenvalue weighted by Gasteiger charge is 2.09. The normalized spacial score (nSPS) is 14.4. The minimum atomic E-state index is 0.401. The summed E-state index contributed by atoms with van der Waals surface area (Å²) in [5, 5.41) is 8.49. The van der Waals surface area contributed by atoms with Crippen molar-refractivity contribution in [3.05, 3.63) is 54.1 Å². The Bertz CT molecular complexity index is 430. The van der Waals surface area contributed by atoms with Crippen molar-refractivity contribution in [1.82, 2.24) is 0 Å². The standard InChI is InChI=1S/C17H24N2/c1-4-6-10-13-18-19-14-15(3)17(5-2)16-11-8-7-9-12-16/h4-9,11-12,15H,10,13-14H2,1-3H3/b6-4+,17-5-,19-18?. The molecule has 1 atom stereocenters. The molecule has 1 aromatic carbocycles. The Morgan fingerprint density at radius 2 is 1.89 bits per heavy atom. The van der Waals surface area contributed by atoms with Crippen LogP contribution in [0, 0.1) is 5.92 Å². The summed E-state index contributed by atoms with van der Waals surface area (Å²) in [6.45, 7) is 7.85. The van der Waals surface area contributed by atoms with Gasteiger partial charge in [0.05, 0.1) is 13.1 Å². The van der Waals surface area contributed by atoms with E-state index in [1.807, 2.05) is 19.1 Å². The van der Waals surface area contributed by atoms with Gasteiger partial charge in [0.15, 0.2) is 0 Å². The monoisotopic (exact) mass is 256 g/mol. The van der Waals surface area contributed by atoms with E-state index in [-0.39, 0.29) is 0 Å². The largest absolute Gasteiger partial charge is 0.194 e. The highest BCUT2D eigenvalue weighted by atomic mass is 15.1. The van der Waals surface area contributed by atoms with Crippen LogP contribution in [0.3, 0.4) is 0 Å². The SMILES string of the molecule is C/C=C(\c1ccccc1)C(C)CN=NCC/C=C/C. The minimum absolute atomic E-state index is 0.401. The zero-order valence-corrected chi connectivity index (χ0v) is 12.2. The maximum absolute atomic E-state index is 4.29. The number of allylic oxidation sites excluding steroid dienone is 2. The van der Waals surface area contributed by atoms with E-state index >= 15 is 0 Å². The van der Waals surface area contributed by atoms with Crippen LogP contribution >= 0.6 is 0 Å². The first-order chi connectivity index (χ1) is 9.29. The summed E-state index contributed by atoms with van der Waals surface area (Å²) >= 11 is 0. The Labute approximate surface area is 117 Å². The predicted molar refractivity (Wildman–Crippen MR) is 83.3 cm³/mol. The molecule has 102 valence electrons. The second kappa shape index (κ2) is 9.26. The summed E-state index contributed by atoms with van der Waals surface area (Å²) < 4.78 is 0. The first-order valence-corrected chi connectivity index (χ1v) is 6.95. The van der Waals surface area contributed by atoms with Crippen molar-refractivity contribution in [2.75, 3.05) is 13.1 Å². The third-order valence-electron chi connectivity index (χ3n) is 3.04. The average Bonchev–Trinajstić information content (AvgIpc) is 2.45. The lowest BCUT2D eigenvalue weighted by atomic mass is 9.94. The molecule has 0 saturated carbocycles. The van der Waals surface area contributed by atoms with E-state index in [1.165, 1.54) is 11.1 Å². The maximum Gasteiger partial charge on any atom is 0.0664 e. The fourth-order valence-electron chi connectivity index (χ4n) is 2.01. The van der Waals surface area contributed by atoms with Crippen molar-refractivity contribution in [2.45, 2.75) is 27.2 Å². The van der Waals surface area contributed by atoms with Crippen LogP contribution in [0.4, 0.5) is 0 Å². The number of hydrogen-bond acceptors (Lipinski definition) is 2. The van der Waals surface area contributed by atoms with Crippen LogP contribution in [0.25, 0.3) is 5.57 Å². The molecule has 0 aliphatic heterocycles. The van der Waals surface area contributed by atoms with Crippen LogP contribution < -0.4 is 0 Å². The second-order valence-electron chi connectivity index (χ2n) is 4.56. The fraction of sp³-hybridized carbons (Fsp3) is 0.412. The predicted octanol–water partition coefficient (Wildman–Crippen LogP) is 5.14. The van der Waals surface area contributed by atoms with Gasteiger partial charge in [-0.3, -0.25) is 0 Å². The molecule has 0 spiro atoms. The number of rotatable bonds is 7. The van der Waals surface area contributed by atoms with E-state index in [1.54, 1.807) is 0 Å². The molecule has 1 rings (SSSR count). The Morgan fingerprint density at radius 3 is 2.53 bits per heavy atom. The molecule has 0 saturated heterocycles. The van der Waals surface area contributed by atoms with Gasteiger partial charge in [0.2, 0.25) is 0 Å². The quantitative estimate of drug-likeness (QED) is 0.366. The van der Waals surface area contributed by atoms with E-state index < -0.39 is 0 Å². The molecule has 0 aliphatic rings. The van der Waals surface area contributed by atoms with Gasteiger partial charge in [-0.25, -0.2) is 0 Å². The Balaban J connectivity index is 2.50. The highest BCUT2D eigenvalue weighted by Crippen LogP contribution is 2.23. The molecule has 0 fully saturated rings. The van der Waals surface area contributed by atoms with E-state index in [0.29, 0.717) is 5.92 Å². The van der Waals surface area contributed by atoms with Gasteiger partial charge in [0.1, 0.15) is 0 Å². The molecular formula is C17H24N2. The lowest BCUT2D eigenvalue weighted by molar-refractivity contribution is 0.710. The van der Waals surface area contributed by atoms with E-state index in [4.69, 9.17) is 0 Å². The molecule has 0 heterocycles. The van der Waals surface area contributed by atoms with Crippen molar-refractivity contribution in [2.24, 2.45) is 16.1 Å². The molecule has 0 N–H and O–H groups in total. The van der Waals surface area contributed by atoms with Crippen molar-refractivity contribution in [1.29, 1.82) is 0 Å². The van der Waals surface area contributed by atoms with Gasteiger partial charge in [0.25, 0.3) is 0 Å². The van der Waals surface area contributed by atoms with Gasteiger partial charge in [-0.2, -0.15) is 10.2 Å². The smallest absolute Gasteiger partial charge is 0.0664 e. The van der Waals surface area contributed by atoms with Crippen molar-refractivity contribution >= 4 is 5.57 Å². The van der Waals surface area contributed by atoms with Crippen LogP contribution in [-0.2, 0) is 0 Å². The van der Waals surface area contributed by atoms with Gasteiger partial charge in [-0.05, 0) is 31.4 Å². The molecule has 19 heavy (non-hydrogen) atoms. The number of nitrogens with zero attached hydrogens (tertiary/aromatic N) is 2. The van der Waals surface area contributed by atoms with Gasteiger partial charge in [-0.15, -0.1) is 0 Å². The van der Waals surface area contributed by atoms with E-state index in [9.17, 15) is 0 Å². The molecule has 0 amide bonds. The van der Waals surface area contributed by atoms with Crippen LogP contribution in [0.5, 0.6) is 0 Å². The Hall–Kier alpha value is -1.70. The fourth-order valence-corrected chi connectivity index (χ4v) is 2.01. The second-order valence-corrected chi connectivity index (χ2v) is 4.56. The molecule has 0 aliphatic carbocycles. The zero-order chi connectivity index (χ0) is 13.9. The summed E-state index contributed by atoms with van der Waals surface area (Å²) in [6, 6.07) is 10.5. The topological polar surface area (TPSA) is 24.7 Å². The first-order valence-electron chi connectivity index (χ1n) is 6.95. The van der Waals surface area contributed by atoms with Crippen LogP contribution in [0.15, 0.2) is 58.8 Å². The highest BCUT2D eigenvalue weighted by molar-refractivity contribution is 5.66. The molecule has 0 bridgehead atoms.